The van der Waals surface area contributed by atoms with E-state index in [0.717, 1.165) is 0 Å². The molecule has 0 aliphatic heterocycles. The van der Waals surface area contributed by atoms with E-state index in [-0.39, 0.29) is 30.5 Å². The van der Waals surface area contributed by atoms with Crippen molar-refractivity contribution in [3.63, 3.8) is 0 Å². The van der Waals surface area contributed by atoms with Crippen LogP contribution in [0.25, 0.3) is 5.65 Å². The second-order valence-corrected chi connectivity index (χ2v) is 7.57. The van der Waals surface area contributed by atoms with Crippen molar-refractivity contribution in [3.8, 4) is 5.75 Å². The molecule has 0 spiro atoms. The molecule has 1 atom stereocenters. The topological polar surface area (TPSA) is 69.9 Å². The number of rotatable bonds is 7. The summed E-state index contributed by atoms with van der Waals surface area (Å²) >= 11 is 0. The van der Waals surface area contributed by atoms with Crippen molar-refractivity contribution in [1.82, 2.24) is 9.38 Å². The molecule has 2 aromatic rings. The van der Waals surface area contributed by atoms with Crippen LogP contribution >= 0.6 is 0 Å². The number of aromatic nitrogens is 2. The zero-order chi connectivity index (χ0) is 19.5. The first kappa shape index (κ1) is 19.9. The SMILES string of the molecule is CCOc1cccn2c(C(=O)C[C@@H](C)CC(=O)OC(C)(C)C)c(C)nc12. The number of Topliss-reactive ketones (excluding diaryl/α,β-unsaturated/α-hetero) is 1. The van der Waals surface area contributed by atoms with Crippen LogP contribution in [0.3, 0.4) is 0 Å². The van der Waals surface area contributed by atoms with Crippen LogP contribution in [0.1, 0.15) is 63.6 Å². The Labute approximate surface area is 154 Å². The van der Waals surface area contributed by atoms with E-state index in [0.29, 0.717) is 29.4 Å². The maximum atomic E-state index is 12.8. The Kier molecular flexibility index (Phi) is 6.05. The fraction of sp³-hybridized carbons (Fsp3) is 0.550. The van der Waals surface area contributed by atoms with Gasteiger partial charge in [-0.1, -0.05) is 6.92 Å². The van der Waals surface area contributed by atoms with E-state index in [4.69, 9.17) is 9.47 Å². The van der Waals surface area contributed by atoms with Crippen LogP contribution in [0.15, 0.2) is 18.3 Å². The van der Waals surface area contributed by atoms with Crippen molar-refractivity contribution in [3.05, 3.63) is 29.7 Å². The molecule has 6 nitrogen and oxygen atoms in total. The Hall–Kier alpha value is -2.37. The second kappa shape index (κ2) is 7.89. The van der Waals surface area contributed by atoms with Crippen molar-refractivity contribution < 1.29 is 19.1 Å². The summed E-state index contributed by atoms with van der Waals surface area (Å²) in [4.78, 5) is 29.3. The number of imidazole rings is 1. The van der Waals surface area contributed by atoms with E-state index >= 15 is 0 Å². The number of aryl methyl sites for hydroxylation is 1. The zero-order valence-electron chi connectivity index (χ0n) is 16.5. The molecule has 0 saturated heterocycles. The smallest absolute Gasteiger partial charge is 0.306 e. The molecule has 0 unspecified atom stereocenters. The predicted molar refractivity (Wildman–Crippen MR) is 99.7 cm³/mol. The molecule has 0 fully saturated rings. The molecule has 0 radical (unpaired) electrons. The normalized spacial score (nSPS) is 12.8. The van der Waals surface area contributed by atoms with Crippen LogP contribution in [0.5, 0.6) is 5.75 Å². The lowest BCUT2D eigenvalue weighted by atomic mass is 9.99. The molecule has 0 aliphatic rings. The summed E-state index contributed by atoms with van der Waals surface area (Å²) in [6.07, 6.45) is 2.28. The van der Waals surface area contributed by atoms with Crippen LogP contribution in [-0.2, 0) is 9.53 Å². The van der Waals surface area contributed by atoms with Gasteiger partial charge >= 0.3 is 5.97 Å². The minimum Gasteiger partial charge on any atom is -0.490 e. The van der Waals surface area contributed by atoms with Crippen LogP contribution in [0, 0.1) is 12.8 Å². The summed E-state index contributed by atoms with van der Waals surface area (Å²) in [5.74, 6) is 0.210. The molecule has 0 aromatic carbocycles. The first-order valence-corrected chi connectivity index (χ1v) is 8.98. The summed E-state index contributed by atoms with van der Waals surface area (Å²) in [5.41, 5.74) is 1.31. The molecule has 0 aliphatic carbocycles. The number of carbonyl (C=O) groups is 2. The minimum absolute atomic E-state index is 0.0419. The highest BCUT2D eigenvalue weighted by atomic mass is 16.6. The highest BCUT2D eigenvalue weighted by Crippen LogP contribution is 2.24. The van der Waals surface area contributed by atoms with Crippen LogP contribution in [-0.4, -0.2) is 33.3 Å². The third-order valence-electron chi connectivity index (χ3n) is 3.82. The molecule has 142 valence electrons. The Balaban J connectivity index is 2.16. The molecular formula is C20H28N2O4. The van der Waals surface area contributed by atoms with Crippen molar-refractivity contribution in [1.29, 1.82) is 0 Å². The summed E-state index contributed by atoms with van der Waals surface area (Å²) in [6.45, 7) is 11.6. The molecular weight excluding hydrogens is 332 g/mol. The fourth-order valence-corrected chi connectivity index (χ4v) is 2.91. The van der Waals surface area contributed by atoms with E-state index in [1.807, 2.05) is 59.9 Å². The molecule has 0 bridgehead atoms. The van der Waals surface area contributed by atoms with E-state index in [1.165, 1.54) is 0 Å². The lowest BCUT2D eigenvalue weighted by Crippen LogP contribution is -2.25. The molecule has 0 amide bonds. The van der Waals surface area contributed by atoms with Gasteiger partial charge in [0.25, 0.3) is 0 Å². The summed E-state index contributed by atoms with van der Waals surface area (Å²) in [7, 11) is 0. The van der Waals surface area contributed by atoms with Gasteiger partial charge in [0.15, 0.2) is 17.2 Å². The molecule has 6 heteroatoms. The highest BCUT2D eigenvalue weighted by Gasteiger charge is 2.23. The minimum atomic E-state index is -0.519. The summed E-state index contributed by atoms with van der Waals surface area (Å²) in [5, 5.41) is 0. The van der Waals surface area contributed by atoms with E-state index in [9.17, 15) is 9.59 Å². The zero-order valence-corrected chi connectivity index (χ0v) is 16.5. The number of ketones is 1. The standard InChI is InChI=1S/C20H28N2O4/c1-7-25-16-9-8-10-22-18(14(3)21-19(16)22)15(23)11-13(2)12-17(24)26-20(4,5)6/h8-10,13H,7,11-12H2,1-6H3/t13-/m1/s1. The van der Waals surface area contributed by atoms with Gasteiger partial charge in [0.2, 0.25) is 0 Å². The van der Waals surface area contributed by atoms with E-state index < -0.39 is 5.60 Å². The Morgan fingerprint density at radius 1 is 1.27 bits per heavy atom. The van der Waals surface area contributed by atoms with Gasteiger partial charge in [0.1, 0.15) is 11.3 Å². The van der Waals surface area contributed by atoms with Gasteiger partial charge in [-0.05, 0) is 52.7 Å². The van der Waals surface area contributed by atoms with Gasteiger partial charge in [-0.2, -0.15) is 0 Å². The third kappa shape index (κ3) is 4.84. The molecule has 0 saturated carbocycles. The quantitative estimate of drug-likeness (QED) is 0.552. The van der Waals surface area contributed by atoms with Gasteiger partial charge < -0.3 is 9.47 Å². The largest absolute Gasteiger partial charge is 0.490 e. The van der Waals surface area contributed by atoms with Crippen molar-refractivity contribution in [2.24, 2.45) is 5.92 Å². The number of nitrogens with zero attached hydrogens (tertiary/aromatic N) is 2. The number of ether oxygens (including phenoxy) is 2. The molecule has 2 aromatic heterocycles. The summed E-state index contributed by atoms with van der Waals surface area (Å²) < 4.78 is 12.7. The van der Waals surface area contributed by atoms with Gasteiger partial charge in [-0.25, -0.2) is 4.98 Å². The fourth-order valence-electron chi connectivity index (χ4n) is 2.91. The number of fused-ring (bicyclic) bond motifs is 1. The average Bonchev–Trinajstić information content (AvgIpc) is 2.82. The average molecular weight is 360 g/mol. The Morgan fingerprint density at radius 3 is 2.58 bits per heavy atom. The highest BCUT2D eigenvalue weighted by molar-refractivity contribution is 5.97. The third-order valence-corrected chi connectivity index (χ3v) is 3.82. The monoisotopic (exact) mass is 360 g/mol. The summed E-state index contributed by atoms with van der Waals surface area (Å²) in [6, 6.07) is 3.67. The van der Waals surface area contributed by atoms with Crippen molar-refractivity contribution in [2.45, 2.75) is 60.0 Å². The predicted octanol–water partition coefficient (Wildman–Crippen LogP) is 3.98. The number of pyridine rings is 1. The number of carbonyl (C=O) groups excluding carboxylic acids is 2. The van der Waals surface area contributed by atoms with E-state index in [2.05, 4.69) is 4.98 Å². The first-order chi connectivity index (χ1) is 12.1. The Morgan fingerprint density at radius 2 is 1.96 bits per heavy atom. The molecule has 0 N–H and O–H groups in total. The molecule has 2 heterocycles. The van der Waals surface area contributed by atoms with Gasteiger partial charge in [-0.3, -0.25) is 14.0 Å². The van der Waals surface area contributed by atoms with Crippen LogP contribution < -0.4 is 4.74 Å². The molecule has 2 rings (SSSR count). The number of esters is 1. The van der Waals surface area contributed by atoms with Crippen molar-refractivity contribution in [2.75, 3.05) is 6.61 Å². The second-order valence-electron chi connectivity index (χ2n) is 7.57. The van der Waals surface area contributed by atoms with Gasteiger partial charge in [0.05, 0.1) is 12.3 Å². The lowest BCUT2D eigenvalue weighted by Gasteiger charge is -2.20. The maximum Gasteiger partial charge on any atom is 0.306 e. The van der Waals surface area contributed by atoms with Gasteiger partial charge in [-0.15, -0.1) is 0 Å². The Bertz CT molecular complexity index is 802. The van der Waals surface area contributed by atoms with Gasteiger partial charge in [0, 0.05) is 19.0 Å². The van der Waals surface area contributed by atoms with E-state index in [1.54, 1.807) is 4.40 Å². The first-order valence-electron chi connectivity index (χ1n) is 8.98. The van der Waals surface area contributed by atoms with Crippen molar-refractivity contribution >= 4 is 17.4 Å². The molecule has 26 heavy (non-hydrogen) atoms. The van der Waals surface area contributed by atoms with Crippen LogP contribution in [0.4, 0.5) is 0 Å². The lowest BCUT2D eigenvalue weighted by molar-refractivity contribution is -0.155. The number of hydrogen-bond acceptors (Lipinski definition) is 5. The maximum absolute atomic E-state index is 12.8. The van der Waals surface area contributed by atoms with Crippen LogP contribution in [0.2, 0.25) is 0 Å². The number of hydrogen-bond donors (Lipinski definition) is 0.